The number of fused-ring (bicyclic) bond motifs is 1. The van der Waals surface area contributed by atoms with Crippen LogP contribution in [-0.4, -0.2) is 33.7 Å². The first-order valence-electron chi connectivity index (χ1n) is 5.70. The van der Waals surface area contributed by atoms with Crippen LogP contribution in [-0.2, 0) is 0 Å². The number of hydrogen-bond acceptors (Lipinski definition) is 5. The average Bonchev–Trinajstić information content (AvgIpc) is 2.91. The molecule has 0 N–H and O–H groups in total. The quantitative estimate of drug-likeness (QED) is 0.715. The second kappa shape index (κ2) is 4.56. The largest absolute Gasteiger partial charge is 0.497 e. The fourth-order valence-corrected chi connectivity index (χ4v) is 1.89. The van der Waals surface area contributed by atoms with E-state index in [9.17, 15) is 0 Å². The zero-order chi connectivity index (χ0) is 13.2. The summed E-state index contributed by atoms with van der Waals surface area (Å²) in [5, 5.41) is 0. The molecule has 6 nitrogen and oxygen atoms in total. The van der Waals surface area contributed by atoms with Gasteiger partial charge in [-0.1, -0.05) is 0 Å². The Balaban J connectivity index is 2.14. The summed E-state index contributed by atoms with van der Waals surface area (Å²) in [5.41, 5.74) is 2.29. The Bertz CT molecular complexity index is 706. The summed E-state index contributed by atoms with van der Waals surface area (Å²) in [6.45, 7) is 0. The molecule has 0 saturated heterocycles. The SMILES string of the molecule is COc1ccc(-n2cnc3c(OC)ncnc32)cc1. The highest BCUT2D eigenvalue weighted by molar-refractivity contribution is 5.77. The summed E-state index contributed by atoms with van der Waals surface area (Å²) in [6, 6.07) is 7.66. The van der Waals surface area contributed by atoms with Crippen LogP contribution in [0.15, 0.2) is 36.9 Å². The van der Waals surface area contributed by atoms with Crippen molar-refractivity contribution >= 4 is 11.2 Å². The fourth-order valence-electron chi connectivity index (χ4n) is 1.89. The van der Waals surface area contributed by atoms with Crippen molar-refractivity contribution in [3.63, 3.8) is 0 Å². The van der Waals surface area contributed by atoms with E-state index in [0.717, 1.165) is 11.4 Å². The van der Waals surface area contributed by atoms with Gasteiger partial charge in [-0.05, 0) is 24.3 Å². The van der Waals surface area contributed by atoms with Crippen LogP contribution in [0, 0.1) is 0 Å². The van der Waals surface area contributed by atoms with Gasteiger partial charge in [0.15, 0.2) is 11.2 Å². The molecular weight excluding hydrogens is 244 g/mol. The minimum atomic E-state index is 0.470. The van der Waals surface area contributed by atoms with Crippen LogP contribution in [0.5, 0.6) is 11.6 Å². The number of imidazole rings is 1. The Morgan fingerprint density at radius 2 is 1.74 bits per heavy atom. The number of methoxy groups -OCH3 is 2. The first kappa shape index (κ1) is 11.5. The van der Waals surface area contributed by atoms with Gasteiger partial charge < -0.3 is 9.47 Å². The Labute approximate surface area is 109 Å². The Kier molecular flexibility index (Phi) is 2.75. The molecule has 19 heavy (non-hydrogen) atoms. The van der Waals surface area contributed by atoms with E-state index in [-0.39, 0.29) is 0 Å². The molecule has 0 spiro atoms. The monoisotopic (exact) mass is 256 g/mol. The third-order valence-corrected chi connectivity index (χ3v) is 2.84. The van der Waals surface area contributed by atoms with Crippen molar-refractivity contribution in [3.05, 3.63) is 36.9 Å². The predicted octanol–water partition coefficient (Wildman–Crippen LogP) is 1.83. The van der Waals surface area contributed by atoms with E-state index >= 15 is 0 Å². The number of ether oxygens (including phenoxy) is 2. The zero-order valence-corrected chi connectivity index (χ0v) is 10.6. The van der Waals surface area contributed by atoms with Gasteiger partial charge in [-0.25, -0.2) is 9.97 Å². The van der Waals surface area contributed by atoms with E-state index in [2.05, 4.69) is 15.0 Å². The smallest absolute Gasteiger partial charge is 0.245 e. The molecule has 2 aromatic heterocycles. The number of nitrogens with zero attached hydrogens (tertiary/aromatic N) is 4. The first-order valence-corrected chi connectivity index (χ1v) is 5.70. The summed E-state index contributed by atoms with van der Waals surface area (Å²) in [6.07, 6.45) is 3.16. The highest BCUT2D eigenvalue weighted by Crippen LogP contribution is 2.23. The highest BCUT2D eigenvalue weighted by atomic mass is 16.5. The Morgan fingerprint density at radius 3 is 2.42 bits per heavy atom. The number of rotatable bonds is 3. The molecule has 6 heteroatoms. The number of aromatic nitrogens is 4. The Morgan fingerprint density at radius 1 is 0.947 bits per heavy atom. The summed E-state index contributed by atoms with van der Waals surface area (Å²) in [4.78, 5) is 12.6. The van der Waals surface area contributed by atoms with Gasteiger partial charge in [-0.15, -0.1) is 0 Å². The summed E-state index contributed by atoms with van der Waals surface area (Å²) < 4.78 is 12.2. The van der Waals surface area contributed by atoms with Gasteiger partial charge in [-0.3, -0.25) is 4.57 Å². The molecule has 0 saturated carbocycles. The van der Waals surface area contributed by atoms with Gasteiger partial charge in [0.25, 0.3) is 0 Å². The lowest BCUT2D eigenvalue weighted by atomic mass is 10.3. The molecule has 0 fully saturated rings. The van der Waals surface area contributed by atoms with E-state index in [1.165, 1.54) is 6.33 Å². The molecule has 0 amide bonds. The van der Waals surface area contributed by atoms with Gasteiger partial charge in [0.1, 0.15) is 18.4 Å². The van der Waals surface area contributed by atoms with E-state index in [1.807, 2.05) is 28.8 Å². The zero-order valence-electron chi connectivity index (χ0n) is 10.6. The molecule has 3 aromatic rings. The van der Waals surface area contributed by atoms with Gasteiger partial charge in [0.2, 0.25) is 5.88 Å². The minimum Gasteiger partial charge on any atom is -0.497 e. The standard InChI is InChI=1S/C13H12N4O2/c1-18-10-5-3-9(4-6-10)17-8-16-11-12(17)14-7-15-13(11)19-2/h3-8H,1-2H3. The van der Waals surface area contributed by atoms with E-state index in [4.69, 9.17) is 9.47 Å². The van der Waals surface area contributed by atoms with Gasteiger partial charge in [-0.2, -0.15) is 4.98 Å². The maximum absolute atomic E-state index is 5.17. The molecule has 3 rings (SSSR count). The van der Waals surface area contributed by atoms with Crippen LogP contribution >= 0.6 is 0 Å². The minimum absolute atomic E-state index is 0.470. The van der Waals surface area contributed by atoms with Gasteiger partial charge in [0, 0.05) is 5.69 Å². The van der Waals surface area contributed by atoms with Crippen molar-refractivity contribution in [2.24, 2.45) is 0 Å². The van der Waals surface area contributed by atoms with Crippen molar-refractivity contribution in [3.8, 4) is 17.3 Å². The highest BCUT2D eigenvalue weighted by Gasteiger charge is 2.11. The first-order chi connectivity index (χ1) is 9.33. The lowest BCUT2D eigenvalue weighted by Gasteiger charge is -2.05. The van der Waals surface area contributed by atoms with Crippen molar-refractivity contribution < 1.29 is 9.47 Å². The molecule has 0 aliphatic heterocycles. The van der Waals surface area contributed by atoms with E-state index in [1.54, 1.807) is 20.5 Å². The van der Waals surface area contributed by atoms with E-state index < -0.39 is 0 Å². The average molecular weight is 256 g/mol. The Hall–Kier alpha value is -2.63. The molecule has 2 heterocycles. The third kappa shape index (κ3) is 1.87. The second-order valence-electron chi connectivity index (χ2n) is 3.87. The predicted molar refractivity (Wildman–Crippen MR) is 69.8 cm³/mol. The van der Waals surface area contributed by atoms with Crippen molar-refractivity contribution in [1.82, 2.24) is 19.5 Å². The lowest BCUT2D eigenvalue weighted by Crippen LogP contribution is -1.96. The fraction of sp³-hybridized carbons (Fsp3) is 0.154. The van der Waals surface area contributed by atoms with Crippen molar-refractivity contribution in [1.29, 1.82) is 0 Å². The summed E-state index contributed by atoms with van der Waals surface area (Å²) in [5.74, 6) is 1.28. The summed E-state index contributed by atoms with van der Waals surface area (Å²) >= 11 is 0. The van der Waals surface area contributed by atoms with Gasteiger partial charge >= 0.3 is 0 Å². The molecule has 0 aliphatic carbocycles. The van der Waals surface area contributed by atoms with E-state index in [0.29, 0.717) is 17.0 Å². The maximum atomic E-state index is 5.17. The molecule has 96 valence electrons. The number of benzene rings is 1. The summed E-state index contributed by atoms with van der Waals surface area (Å²) in [7, 11) is 3.20. The molecule has 0 atom stereocenters. The molecule has 1 aromatic carbocycles. The lowest BCUT2D eigenvalue weighted by molar-refractivity contribution is 0.401. The molecule has 0 bridgehead atoms. The van der Waals surface area contributed by atoms with Crippen LogP contribution in [0.3, 0.4) is 0 Å². The van der Waals surface area contributed by atoms with Crippen LogP contribution in [0.4, 0.5) is 0 Å². The topological polar surface area (TPSA) is 62.1 Å². The molecular formula is C13H12N4O2. The molecule has 0 aliphatic rings. The van der Waals surface area contributed by atoms with Crippen LogP contribution in [0.25, 0.3) is 16.9 Å². The maximum Gasteiger partial charge on any atom is 0.245 e. The van der Waals surface area contributed by atoms with Crippen LogP contribution in [0.1, 0.15) is 0 Å². The molecule has 0 unspecified atom stereocenters. The molecule has 0 radical (unpaired) electrons. The number of hydrogen-bond donors (Lipinski definition) is 0. The normalized spacial score (nSPS) is 10.6. The van der Waals surface area contributed by atoms with Crippen molar-refractivity contribution in [2.75, 3.05) is 14.2 Å². The van der Waals surface area contributed by atoms with Crippen LogP contribution < -0.4 is 9.47 Å². The van der Waals surface area contributed by atoms with Crippen LogP contribution in [0.2, 0.25) is 0 Å². The van der Waals surface area contributed by atoms with Gasteiger partial charge in [0.05, 0.1) is 14.2 Å². The second-order valence-corrected chi connectivity index (χ2v) is 3.87. The van der Waals surface area contributed by atoms with Crippen molar-refractivity contribution in [2.45, 2.75) is 0 Å². The third-order valence-electron chi connectivity index (χ3n) is 2.84.